The van der Waals surface area contributed by atoms with Crippen molar-refractivity contribution >= 4 is 11.6 Å². The number of aliphatic imine (C=N–C) groups is 1. The van der Waals surface area contributed by atoms with Gasteiger partial charge in [-0.2, -0.15) is 5.26 Å². The van der Waals surface area contributed by atoms with E-state index in [1.165, 1.54) is 5.06 Å². The first kappa shape index (κ1) is 18.2. The van der Waals surface area contributed by atoms with Crippen LogP contribution < -0.4 is 10.6 Å². The topological polar surface area (TPSA) is 96.2 Å². The van der Waals surface area contributed by atoms with Gasteiger partial charge < -0.3 is 5.32 Å². The van der Waals surface area contributed by atoms with Crippen LogP contribution in [0.4, 0.5) is 5.69 Å². The number of nitriles is 1. The number of aromatic nitrogens is 1. The molecule has 129 valence electrons. The van der Waals surface area contributed by atoms with Gasteiger partial charge in [0.25, 0.3) is 0 Å². The fourth-order valence-corrected chi connectivity index (χ4v) is 3.22. The largest absolute Gasteiger partial charge is 0.324 e. The minimum Gasteiger partial charge on any atom is -0.324 e. The SMILES string of the molecule is CC1(C)CCC(N=C(NC#N)Nc2cccnc2)CC(C)(C)N1[O]. The zero-order valence-corrected chi connectivity index (χ0v) is 14.7. The fourth-order valence-electron chi connectivity index (χ4n) is 3.22. The third kappa shape index (κ3) is 4.43. The second kappa shape index (κ2) is 7.16. The number of anilines is 1. The number of hydrogen-bond acceptors (Lipinski definition) is 4. The van der Waals surface area contributed by atoms with Gasteiger partial charge in [0.2, 0.25) is 5.96 Å². The Morgan fingerprint density at radius 2 is 2.17 bits per heavy atom. The van der Waals surface area contributed by atoms with Crippen LogP contribution in [0.3, 0.4) is 0 Å². The molecule has 1 fully saturated rings. The monoisotopic (exact) mass is 329 g/mol. The Balaban J connectivity index is 2.21. The summed E-state index contributed by atoms with van der Waals surface area (Å²) in [7, 11) is 0. The van der Waals surface area contributed by atoms with Gasteiger partial charge in [-0.05, 0) is 59.1 Å². The van der Waals surface area contributed by atoms with Gasteiger partial charge in [-0.15, -0.1) is 10.3 Å². The van der Waals surface area contributed by atoms with Crippen molar-refractivity contribution in [2.24, 2.45) is 4.99 Å². The molecule has 0 saturated carbocycles. The highest BCUT2D eigenvalue weighted by molar-refractivity contribution is 5.94. The number of pyridine rings is 1. The molecule has 2 N–H and O–H groups in total. The molecule has 7 heteroatoms. The Labute approximate surface area is 143 Å². The molecule has 0 amide bonds. The minimum absolute atomic E-state index is 0.0433. The summed E-state index contributed by atoms with van der Waals surface area (Å²) in [5.41, 5.74) is -0.189. The van der Waals surface area contributed by atoms with E-state index in [0.717, 1.165) is 18.5 Å². The van der Waals surface area contributed by atoms with E-state index in [1.54, 1.807) is 18.5 Å². The summed E-state index contributed by atoms with van der Waals surface area (Å²) in [5, 5.41) is 28.4. The second-order valence-corrected chi connectivity index (χ2v) is 7.40. The lowest BCUT2D eigenvalue weighted by Crippen LogP contribution is -2.51. The Morgan fingerprint density at radius 1 is 1.42 bits per heavy atom. The summed E-state index contributed by atoms with van der Waals surface area (Å²) in [6, 6.07) is 3.61. The Hall–Kier alpha value is -2.17. The molecule has 1 saturated heterocycles. The van der Waals surface area contributed by atoms with E-state index in [4.69, 9.17) is 5.26 Å². The predicted octanol–water partition coefficient (Wildman–Crippen LogP) is 2.68. The summed E-state index contributed by atoms with van der Waals surface area (Å²) < 4.78 is 0. The average Bonchev–Trinajstić information content (AvgIpc) is 2.59. The maximum atomic E-state index is 12.6. The fraction of sp³-hybridized carbons (Fsp3) is 0.588. The zero-order chi connectivity index (χ0) is 17.8. The summed E-state index contributed by atoms with van der Waals surface area (Å²) in [6.07, 6.45) is 7.42. The van der Waals surface area contributed by atoms with Gasteiger partial charge in [0.1, 0.15) is 0 Å². The van der Waals surface area contributed by atoms with Crippen LogP contribution in [-0.4, -0.2) is 33.1 Å². The van der Waals surface area contributed by atoms with Crippen LogP contribution in [0.2, 0.25) is 0 Å². The molecule has 24 heavy (non-hydrogen) atoms. The lowest BCUT2D eigenvalue weighted by Gasteiger charge is -2.39. The molecule has 1 aromatic heterocycles. The number of hydroxylamine groups is 2. The summed E-state index contributed by atoms with van der Waals surface area (Å²) in [4.78, 5) is 8.69. The predicted molar refractivity (Wildman–Crippen MR) is 92.4 cm³/mol. The molecule has 0 aromatic carbocycles. The molecule has 1 radical (unpaired) electrons. The molecule has 1 aliphatic rings. The smallest absolute Gasteiger partial charge is 0.209 e. The van der Waals surface area contributed by atoms with Crippen molar-refractivity contribution in [3.05, 3.63) is 24.5 Å². The van der Waals surface area contributed by atoms with Crippen molar-refractivity contribution in [2.75, 3.05) is 5.32 Å². The second-order valence-electron chi connectivity index (χ2n) is 7.40. The van der Waals surface area contributed by atoms with Gasteiger partial charge in [-0.1, -0.05) is 0 Å². The number of nitrogens with zero attached hydrogens (tertiary/aromatic N) is 4. The standard InChI is InChI=1S/C17H25N6O/c1-16(2)8-7-13(10-17(3,4)23(16)24)21-15(20-12-18)22-14-6-5-9-19-11-14/h5-6,9,11,13H,7-8,10H2,1-4H3,(H2,20,21,22). The molecule has 2 rings (SSSR count). The molecular formula is C17H25N6O. The summed E-state index contributed by atoms with van der Waals surface area (Å²) in [5.74, 6) is 0.378. The van der Waals surface area contributed by atoms with Crippen molar-refractivity contribution in [1.29, 1.82) is 5.26 Å². The van der Waals surface area contributed by atoms with Crippen molar-refractivity contribution < 1.29 is 5.21 Å². The van der Waals surface area contributed by atoms with Gasteiger partial charge >= 0.3 is 0 Å². The molecule has 1 unspecified atom stereocenters. The quantitative estimate of drug-likeness (QED) is 0.376. The maximum absolute atomic E-state index is 12.6. The lowest BCUT2D eigenvalue weighted by atomic mass is 9.94. The van der Waals surface area contributed by atoms with Gasteiger partial charge in [0.05, 0.1) is 17.9 Å². The third-order valence-electron chi connectivity index (χ3n) is 4.33. The van der Waals surface area contributed by atoms with E-state index < -0.39 is 11.1 Å². The van der Waals surface area contributed by atoms with Crippen LogP contribution in [0.15, 0.2) is 29.5 Å². The van der Waals surface area contributed by atoms with Gasteiger partial charge in [-0.3, -0.25) is 10.3 Å². The summed E-state index contributed by atoms with van der Waals surface area (Å²) in [6.45, 7) is 7.83. The number of guanidine groups is 1. The van der Waals surface area contributed by atoms with Crippen LogP contribution in [0.5, 0.6) is 0 Å². The molecule has 0 bridgehead atoms. The molecule has 2 heterocycles. The Morgan fingerprint density at radius 3 is 2.79 bits per heavy atom. The van der Waals surface area contributed by atoms with E-state index in [9.17, 15) is 5.21 Å². The van der Waals surface area contributed by atoms with Crippen molar-refractivity contribution in [3.8, 4) is 6.19 Å². The molecular weight excluding hydrogens is 304 g/mol. The number of nitrogens with one attached hydrogen (secondary N) is 2. The van der Waals surface area contributed by atoms with Gasteiger partial charge in [0.15, 0.2) is 6.19 Å². The van der Waals surface area contributed by atoms with E-state index in [2.05, 4.69) is 20.6 Å². The highest BCUT2D eigenvalue weighted by Crippen LogP contribution is 2.36. The molecule has 0 spiro atoms. The molecule has 7 nitrogen and oxygen atoms in total. The average molecular weight is 329 g/mol. The maximum Gasteiger partial charge on any atom is 0.209 e. The van der Waals surface area contributed by atoms with E-state index >= 15 is 0 Å². The molecule has 0 aliphatic carbocycles. The normalized spacial score (nSPS) is 23.8. The van der Waals surface area contributed by atoms with Crippen LogP contribution >= 0.6 is 0 Å². The van der Waals surface area contributed by atoms with Crippen molar-refractivity contribution in [2.45, 2.75) is 64.1 Å². The zero-order valence-electron chi connectivity index (χ0n) is 14.7. The van der Waals surface area contributed by atoms with Crippen LogP contribution in [0.1, 0.15) is 47.0 Å². The van der Waals surface area contributed by atoms with E-state index in [1.807, 2.05) is 40.0 Å². The van der Waals surface area contributed by atoms with Crippen molar-refractivity contribution in [1.82, 2.24) is 15.4 Å². The highest BCUT2D eigenvalue weighted by atomic mass is 16.5. The van der Waals surface area contributed by atoms with Crippen LogP contribution in [0, 0.1) is 11.5 Å². The highest BCUT2D eigenvalue weighted by Gasteiger charge is 2.43. The molecule has 1 atom stereocenters. The van der Waals surface area contributed by atoms with Crippen LogP contribution in [-0.2, 0) is 5.21 Å². The van der Waals surface area contributed by atoms with Crippen LogP contribution in [0.25, 0.3) is 0 Å². The van der Waals surface area contributed by atoms with Gasteiger partial charge in [-0.25, -0.2) is 4.99 Å². The first-order chi connectivity index (χ1) is 11.2. The first-order valence-corrected chi connectivity index (χ1v) is 8.12. The van der Waals surface area contributed by atoms with Crippen molar-refractivity contribution in [3.63, 3.8) is 0 Å². The molecule has 1 aromatic rings. The van der Waals surface area contributed by atoms with E-state index in [0.29, 0.717) is 12.4 Å². The Kier molecular flexibility index (Phi) is 5.42. The Bertz CT molecular complexity index is 620. The number of rotatable bonds is 2. The number of hydrogen-bond donors (Lipinski definition) is 2. The third-order valence-corrected chi connectivity index (χ3v) is 4.33. The summed E-state index contributed by atoms with van der Waals surface area (Å²) >= 11 is 0. The van der Waals surface area contributed by atoms with Gasteiger partial charge in [0, 0.05) is 17.3 Å². The minimum atomic E-state index is -0.514. The van der Waals surface area contributed by atoms with E-state index in [-0.39, 0.29) is 6.04 Å². The lowest BCUT2D eigenvalue weighted by molar-refractivity contribution is -0.269. The molecule has 1 aliphatic heterocycles. The first-order valence-electron chi connectivity index (χ1n) is 8.12.